The van der Waals surface area contributed by atoms with E-state index in [0.29, 0.717) is 18.2 Å². The average molecular weight is 341 g/mol. The molecule has 7 heteroatoms. The van der Waals surface area contributed by atoms with Crippen LogP contribution in [-0.4, -0.2) is 43.5 Å². The molecular weight excluding hydrogens is 318 g/mol. The van der Waals surface area contributed by atoms with Crippen LogP contribution in [0, 0.1) is 0 Å². The largest absolute Gasteiger partial charge is 0.444 e. The zero-order chi connectivity index (χ0) is 17.9. The number of carbonyl (C=O) groups excluding carboxylic acids is 1. The standard InChI is InChI=1S/C18H23N5O2/c1-18(2,3)25-17(24)23-12-8-7-11-14(23)16-21-19-15(20-22-16)13-9-5-4-6-10-13/h4-6,9-10,14H,7-8,11-12H2,1-3H3. The molecule has 2 aromatic rings. The summed E-state index contributed by atoms with van der Waals surface area (Å²) in [7, 11) is 0. The highest BCUT2D eigenvalue weighted by Gasteiger charge is 2.33. The summed E-state index contributed by atoms with van der Waals surface area (Å²) >= 11 is 0. The lowest BCUT2D eigenvalue weighted by molar-refractivity contribution is 0.00820. The van der Waals surface area contributed by atoms with E-state index in [2.05, 4.69) is 20.4 Å². The smallest absolute Gasteiger partial charge is 0.410 e. The quantitative estimate of drug-likeness (QED) is 0.833. The van der Waals surface area contributed by atoms with Crippen LogP contribution < -0.4 is 0 Å². The van der Waals surface area contributed by atoms with Crippen LogP contribution in [0.3, 0.4) is 0 Å². The van der Waals surface area contributed by atoms with E-state index in [1.807, 2.05) is 51.1 Å². The number of nitrogens with zero attached hydrogens (tertiary/aromatic N) is 5. The van der Waals surface area contributed by atoms with Gasteiger partial charge in [0, 0.05) is 12.1 Å². The zero-order valence-electron chi connectivity index (χ0n) is 14.8. The van der Waals surface area contributed by atoms with Gasteiger partial charge in [-0.15, -0.1) is 20.4 Å². The Morgan fingerprint density at radius 3 is 2.40 bits per heavy atom. The van der Waals surface area contributed by atoms with Gasteiger partial charge in [0.15, 0.2) is 5.82 Å². The second-order valence-electron chi connectivity index (χ2n) is 7.13. The highest BCUT2D eigenvalue weighted by molar-refractivity contribution is 5.68. The van der Waals surface area contributed by atoms with E-state index < -0.39 is 5.60 Å². The molecule has 1 fully saturated rings. The lowest BCUT2D eigenvalue weighted by atomic mass is 10.0. The SMILES string of the molecule is CC(C)(C)OC(=O)N1CCCCC1c1nnc(-c2ccccc2)nn1. The molecule has 1 aliphatic heterocycles. The molecule has 0 aliphatic carbocycles. The molecule has 1 amide bonds. The lowest BCUT2D eigenvalue weighted by Gasteiger charge is -2.35. The Kier molecular flexibility index (Phi) is 4.92. The topological polar surface area (TPSA) is 81.1 Å². The van der Waals surface area contributed by atoms with Crippen LogP contribution in [0.4, 0.5) is 4.79 Å². The summed E-state index contributed by atoms with van der Waals surface area (Å²) in [6, 6.07) is 9.33. The second kappa shape index (κ2) is 7.13. The van der Waals surface area contributed by atoms with Crippen molar-refractivity contribution in [3.05, 3.63) is 36.2 Å². The number of ether oxygens (including phenoxy) is 1. The maximum Gasteiger partial charge on any atom is 0.410 e. The van der Waals surface area contributed by atoms with Crippen molar-refractivity contribution in [2.24, 2.45) is 0 Å². The molecule has 1 atom stereocenters. The van der Waals surface area contributed by atoms with Gasteiger partial charge < -0.3 is 4.74 Å². The molecule has 0 saturated carbocycles. The Morgan fingerprint density at radius 2 is 1.76 bits per heavy atom. The maximum atomic E-state index is 12.5. The molecule has 1 unspecified atom stereocenters. The number of piperidine rings is 1. The van der Waals surface area contributed by atoms with Gasteiger partial charge in [-0.2, -0.15) is 0 Å². The first-order valence-electron chi connectivity index (χ1n) is 8.56. The van der Waals surface area contributed by atoms with Crippen molar-refractivity contribution in [2.45, 2.75) is 51.7 Å². The number of aromatic nitrogens is 4. The number of carbonyl (C=O) groups is 1. The Bertz CT molecular complexity index is 712. The van der Waals surface area contributed by atoms with Gasteiger partial charge in [-0.05, 0) is 40.0 Å². The summed E-state index contributed by atoms with van der Waals surface area (Å²) in [5.41, 5.74) is 0.329. The minimum atomic E-state index is -0.534. The van der Waals surface area contributed by atoms with Crippen molar-refractivity contribution in [3.8, 4) is 11.4 Å². The summed E-state index contributed by atoms with van der Waals surface area (Å²) in [4.78, 5) is 14.2. The van der Waals surface area contributed by atoms with E-state index in [1.54, 1.807) is 4.90 Å². The molecule has 2 heterocycles. The molecule has 1 saturated heterocycles. The van der Waals surface area contributed by atoms with Gasteiger partial charge in [-0.1, -0.05) is 30.3 Å². The van der Waals surface area contributed by atoms with Gasteiger partial charge in [0.2, 0.25) is 5.82 Å². The van der Waals surface area contributed by atoms with Crippen molar-refractivity contribution < 1.29 is 9.53 Å². The average Bonchev–Trinajstić information content (AvgIpc) is 2.61. The summed E-state index contributed by atoms with van der Waals surface area (Å²) in [5.74, 6) is 0.939. The molecule has 1 aromatic heterocycles. The summed E-state index contributed by atoms with van der Waals surface area (Å²) in [6.45, 7) is 6.21. The monoisotopic (exact) mass is 341 g/mol. The van der Waals surface area contributed by atoms with Crippen LogP contribution in [-0.2, 0) is 4.74 Å². The third-order valence-corrected chi connectivity index (χ3v) is 3.96. The first kappa shape index (κ1) is 17.3. The molecule has 0 spiro atoms. The van der Waals surface area contributed by atoms with E-state index >= 15 is 0 Å². The fourth-order valence-corrected chi connectivity index (χ4v) is 2.81. The molecule has 3 rings (SSSR count). The van der Waals surface area contributed by atoms with E-state index in [9.17, 15) is 4.79 Å². The molecule has 0 N–H and O–H groups in total. The Balaban J connectivity index is 1.79. The normalized spacial score (nSPS) is 18.0. The van der Waals surface area contributed by atoms with Gasteiger partial charge in [-0.25, -0.2) is 4.79 Å². The van der Waals surface area contributed by atoms with E-state index in [0.717, 1.165) is 24.8 Å². The number of rotatable bonds is 2. The summed E-state index contributed by atoms with van der Waals surface area (Å²) in [6.07, 6.45) is 2.40. The van der Waals surface area contributed by atoms with E-state index in [4.69, 9.17) is 4.74 Å². The molecule has 7 nitrogen and oxygen atoms in total. The van der Waals surface area contributed by atoms with Crippen molar-refractivity contribution in [1.29, 1.82) is 0 Å². The molecule has 0 bridgehead atoms. The van der Waals surface area contributed by atoms with Gasteiger partial charge >= 0.3 is 6.09 Å². The lowest BCUT2D eigenvalue weighted by Crippen LogP contribution is -2.42. The number of hydrogen-bond donors (Lipinski definition) is 0. The van der Waals surface area contributed by atoms with Crippen molar-refractivity contribution >= 4 is 6.09 Å². The maximum absolute atomic E-state index is 12.5. The van der Waals surface area contributed by atoms with E-state index in [-0.39, 0.29) is 12.1 Å². The van der Waals surface area contributed by atoms with Crippen LogP contribution in [0.2, 0.25) is 0 Å². The highest BCUT2D eigenvalue weighted by atomic mass is 16.6. The van der Waals surface area contributed by atoms with E-state index in [1.165, 1.54) is 0 Å². The highest BCUT2D eigenvalue weighted by Crippen LogP contribution is 2.30. The minimum Gasteiger partial charge on any atom is -0.444 e. The summed E-state index contributed by atoms with van der Waals surface area (Å²) < 4.78 is 5.51. The molecular formula is C18H23N5O2. The fraction of sp³-hybridized carbons (Fsp3) is 0.500. The summed E-state index contributed by atoms with van der Waals surface area (Å²) in [5, 5.41) is 16.8. The molecule has 1 aliphatic rings. The first-order chi connectivity index (χ1) is 11.9. The third-order valence-electron chi connectivity index (χ3n) is 3.96. The van der Waals surface area contributed by atoms with Gasteiger partial charge in [-0.3, -0.25) is 4.90 Å². The molecule has 132 valence electrons. The van der Waals surface area contributed by atoms with Crippen LogP contribution in [0.5, 0.6) is 0 Å². The first-order valence-corrected chi connectivity index (χ1v) is 8.56. The molecule has 1 aromatic carbocycles. The number of benzene rings is 1. The minimum absolute atomic E-state index is 0.242. The number of likely N-dealkylation sites (tertiary alicyclic amines) is 1. The van der Waals surface area contributed by atoms with Crippen LogP contribution in [0.1, 0.15) is 51.9 Å². The third kappa shape index (κ3) is 4.29. The molecule has 25 heavy (non-hydrogen) atoms. The predicted molar refractivity (Wildman–Crippen MR) is 92.6 cm³/mol. The number of amides is 1. The molecule has 0 radical (unpaired) electrons. The van der Waals surface area contributed by atoms with Gasteiger partial charge in [0.25, 0.3) is 0 Å². The van der Waals surface area contributed by atoms with Crippen LogP contribution in [0.25, 0.3) is 11.4 Å². The number of hydrogen-bond acceptors (Lipinski definition) is 6. The Hall–Kier alpha value is -2.57. The second-order valence-corrected chi connectivity index (χ2v) is 7.13. The fourth-order valence-electron chi connectivity index (χ4n) is 2.81. The van der Waals surface area contributed by atoms with Gasteiger partial charge in [0.05, 0.1) is 6.04 Å². The van der Waals surface area contributed by atoms with Crippen LogP contribution in [0.15, 0.2) is 30.3 Å². The van der Waals surface area contributed by atoms with Crippen molar-refractivity contribution in [1.82, 2.24) is 25.3 Å². The Labute approximate surface area is 147 Å². The van der Waals surface area contributed by atoms with Gasteiger partial charge in [0.1, 0.15) is 5.60 Å². The Morgan fingerprint density at radius 1 is 1.08 bits per heavy atom. The van der Waals surface area contributed by atoms with Crippen LogP contribution >= 0.6 is 0 Å². The predicted octanol–water partition coefficient (Wildman–Crippen LogP) is 3.40. The van der Waals surface area contributed by atoms with Crippen molar-refractivity contribution in [2.75, 3.05) is 6.54 Å². The zero-order valence-corrected chi connectivity index (χ0v) is 14.8. The van der Waals surface area contributed by atoms with Crippen molar-refractivity contribution in [3.63, 3.8) is 0 Å².